The van der Waals surface area contributed by atoms with Crippen molar-refractivity contribution in [3.63, 3.8) is 0 Å². The highest BCUT2D eigenvalue weighted by Gasteiger charge is 2.12. The van der Waals surface area contributed by atoms with Crippen molar-refractivity contribution in [1.29, 1.82) is 0 Å². The van der Waals surface area contributed by atoms with Gasteiger partial charge in [0, 0.05) is 19.3 Å². The minimum atomic E-state index is 0.797. The van der Waals surface area contributed by atoms with Gasteiger partial charge in [0.1, 0.15) is 0 Å². The van der Waals surface area contributed by atoms with E-state index in [4.69, 9.17) is 4.74 Å². The molecule has 0 saturated heterocycles. The van der Waals surface area contributed by atoms with Crippen LogP contribution in [0, 0.1) is 0 Å². The van der Waals surface area contributed by atoms with Gasteiger partial charge in [-0.05, 0) is 38.6 Å². The highest BCUT2D eigenvalue weighted by molar-refractivity contribution is 4.73. The van der Waals surface area contributed by atoms with E-state index in [2.05, 4.69) is 11.9 Å². The maximum Gasteiger partial charge on any atom is 0.0478 e. The maximum atomic E-state index is 5.51. The molecular formula is C13H25NO. The van der Waals surface area contributed by atoms with E-state index < -0.39 is 0 Å². The van der Waals surface area contributed by atoms with Crippen LogP contribution in [-0.4, -0.2) is 25.8 Å². The van der Waals surface area contributed by atoms with Crippen LogP contribution in [0.4, 0.5) is 0 Å². The van der Waals surface area contributed by atoms with E-state index in [1.165, 1.54) is 25.7 Å². The predicted molar refractivity (Wildman–Crippen MR) is 65.1 cm³/mol. The molecule has 88 valence electrons. The summed E-state index contributed by atoms with van der Waals surface area (Å²) in [5.74, 6) is 0. The fourth-order valence-electron chi connectivity index (χ4n) is 2.04. The lowest BCUT2D eigenvalue weighted by Gasteiger charge is -2.11. The zero-order valence-electron chi connectivity index (χ0n) is 9.84. The van der Waals surface area contributed by atoms with Crippen molar-refractivity contribution in [2.45, 2.75) is 51.0 Å². The van der Waals surface area contributed by atoms with Crippen molar-refractivity contribution in [3.05, 3.63) is 12.7 Å². The molecule has 0 atom stereocenters. The van der Waals surface area contributed by atoms with E-state index in [0.717, 1.165) is 45.1 Å². The summed E-state index contributed by atoms with van der Waals surface area (Å²) in [6, 6.07) is 0.797. The van der Waals surface area contributed by atoms with Crippen LogP contribution in [0.3, 0.4) is 0 Å². The van der Waals surface area contributed by atoms with Crippen molar-refractivity contribution in [3.8, 4) is 0 Å². The van der Waals surface area contributed by atoms with E-state index in [-0.39, 0.29) is 0 Å². The van der Waals surface area contributed by atoms with Gasteiger partial charge in [-0.2, -0.15) is 0 Å². The molecule has 0 heterocycles. The average Bonchev–Trinajstić information content (AvgIpc) is 2.75. The summed E-state index contributed by atoms with van der Waals surface area (Å²) in [4.78, 5) is 0. The molecule has 0 bridgehead atoms. The summed E-state index contributed by atoms with van der Waals surface area (Å²) in [5.41, 5.74) is 0. The quantitative estimate of drug-likeness (QED) is 0.468. The van der Waals surface area contributed by atoms with E-state index in [1.54, 1.807) is 0 Å². The van der Waals surface area contributed by atoms with Crippen LogP contribution in [0.25, 0.3) is 0 Å². The highest BCUT2D eigenvalue weighted by atomic mass is 16.5. The number of rotatable bonds is 9. The Labute approximate surface area is 94.1 Å². The summed E-state index contributed by atoms with van der Waals surface area (Å²) in [6.45, 7) is 6.59. The lowest BCUT2D eigenvalue weighted by Crippen LogP contribution is -2.27. The van der Waals surface area contributed by atoms with Crippen LogP contribution in [0.2, 0.25) is 0 Å². The van der Waals surface area contributed by atoms with Gasteiger partial charge in [0.2, 0.25) is 0 Å². The van der Waals surface area contributed by atoms with Gasteiger partial charge in [-0.15, -0.1) is 6.58 Å². The molecule has 0 aromatic carbocycles. The minimum absolute atomic E-state index is 0.797. The molecule has 1 aliphatic rings. The molecule has 1 aliphatic carbocycles. The Kier molecular flexibility index (Phi) is 7.58. The van der Waals surface area contributed by atoms with Crippen molar-refractivity contribution < 1.29 is 4.74 Å². The fraction of sp³-hybridized carbons (Fsp3) is 0.846. The molecule has 0 radical (unpaired) electrons. The molecular weight excluding hydrogens is 186 g/mol. The van der Waals surface area contributed by atoms with E-state index in [1.807, 2.05) is 6.08 Å². The molecule has 2 heteroatoms. The van der Waals surface area contributed by atoms with Crippen molar-refractivity contribution in [2.24, 2.45) is 0 Å². The summed E-state index contributed by atoms with van der Waals surface area (Å²) in [5, 5.41) is 3.59. The summed E-state index contributed by atoms with van der Waals surface area (Å²) < 4.78 is 5.51. The molecule has 0 amide bonds. The second-order valence-electron chi connectivity index (χ2n) is 4.33. The van der Waals surface area contributed by atoms with Gasteiger partial charge in [-0.1, -0.05) is 18.9 Å². The zero-order valence-corrected chi connectivity index (χ0v) is 9.84. The third-order valence-electron chi connectivity index (χ3n) is 2.95. The Morgan fingerprint density at radius 2 is 1.93 bits per heavy atom. The topological polar surface area (TPSA) is 21.3 Å². The molecule has 0 aromatic rings. The lowest BCUT2D eigenvalue weighted by atomic mass is 10.2. The third kappa shape index (κ3) is 6.69. The standard InChI is InChI=1S/C13H25NO/c1-2-3-6-11-15-12-7-10-14-13-8-4-5-9-13/h2,13-14H,1,3-12H2. The third-order valence-corrected chi connectivity index (χ3v) is 2.95. The van der Waals surface area contributed by atoms with Gasteiger partial charge >= 0.3 is 0 Å². The van der Waals surface area contributed by atoms with Crippen LogP contribution in [-0.2, 0) is 4.74 Å². The van der Waals surface area contributed by atoms with Crippen LogP contribution >= 0.6 is 0 Å². The van der Waals surface area contributed by atoms with Crippen LogP contribution < -0.4 is 5.32 Å². The number of nitrogens with one attached hydrogen (secondary N) is 1. The normalized spacial score (nSPS) is 17.1. The first kappa shape index (κ1) is 12.7. The molecule has 0 aromatic heterocycles. The van der Waals surface area contributed by atoms with Gasteiger partial charge in [-0.25, -0.2) is 0 Å². The van der Waals surface area contributed by atoms with Gasteiger partial charge in [-0.3, -0.25) is 0 Å². The van der Waals surface area contributed by atoms with Crippen molar-refractivity contribution >= 4 is 0 Å². The van der Waals surface area contributed by atoms with Crippen molar-refractivity contribution in [1.82, 2.24) is 5.32 Å². The molecule has 15 heavy (non-hydrogen) atoms. The maximum absolute atomic E-state index is 5.51. The first-order valence-electron chi connectivity index (χ1n) is 6.35. The largest absolute Gasteiger partial charge is 0.381 e. The molecule has 1 saturated carbocycles. The highest BCUT2D eigenvalue weighted by Crippen LogP contribution is 2.17. The smallest absolute Gasteiger partial charge is 0.0478 e. The number of hydrogen-bond acceptors (Lipinski definition) is 2. The molecule has 0 aliphatic heterocycles. The molecule has 2 nitrogen and oxygen atoms in total. The number of allylic oxidation sites excluding steroid dienone is 1. The Morgan fingerprint density at radius 3 is 2.67 bits per heavy atom. The second-order valence-corrected chi connectivity index (χ2v) is 4.33. The Balaban J connectivity index is 1.74. The average molecular weight is 211 g/mol. The summed E-state index contributed by atoms with van der Waals surface area (Å²) in [7, 11) is 0. The molecule has 1 N–H and O–H groups in total. The van der Waals surface area contributed by atoms with Crippen LogP contribution in [0.5, 0.6) is 0 Å². The first-order chi connectivity index (χ1) is 7.43. The van der Waals surface area contributed by atoms with Crippen LogP contribution in [0.1, 0.15) is 44.9 Å². The Hall–Kier alpha value is -0.340. The van der Waals surface area contributed by atoms with Crippen molar-refractivity contribution in [2.75, 3.05) is 19.8 Å². The van der Waals surface area contributed by atoms with Gasteiger partial charge in [0.05, 0.1) is 0 Å². The van der Waals surface area contributed by atoms with Gasteiger partial charge in [0.25, 0.3) is 0 Å². The Bertz CT molecular complexity index is 153. The molecule has 0 unspecified atom stereocenters. The zero-order chi connectivity index (χ0) is 10.8. The SMILES string of the molecule is C=CCCCOCCCNC1CCCC1. The Morgan fingerprint density at radius 1 is 1.20 bits per heavy atom. The first-order valence-corrected chi connectivity index (χ1v) is 6.35. The van der Waals surface area contributed by atoms with E-state index in [9.17, 15) is 0 Å². The van der Waals surface area contributed by atoms with E-state index >= 15 is 0 Å². The summed E-state index contributed by atoms with van der Waals surface area (Å²) >= 11 is 0. The van der Waals surface area contributed by atoms with E-state index in [0.29, 0.717) is 0 Å². The number of ether oxygens (including phenoxy) is 1. The lowest BCUT2D eigenvalue weighted by molar-refractivity contribution is 0.129. The monoisotopic (exact) mass is 211 g/mol. The predicted octanol–water partition coefficient (Wildman–Crippen LogP) is 2.89. The number of unbranched alkanes of at least 4 members (excludes halogenated alkanes) is 1. The second kappa shape index (κ2) is 8.93. The van der Waals surface area contributed by atoms with Gasteiger partial charge in [0.15, 0.2) is 0 Å². The number of hydrogen-bond donors (Lipinski definition) is 1. The summed E-state index contributed by atoms with van der Waals surface area (Å²) in [6.07, 6.45) is 10.8. The minimum Gasteiger partial charge on any atom is -0.381 e. The molecule has 1 rings (SSSR count). The molecule has 1 fully saturated rings. The van der Waals surface area contributed by atoms with Gasteiger partial charge < -0.3 is 10.1 Å². The fourth-order valence-corrected chi connectivity index (χ4v) is 2.04. The van der Waals surface area contributed by atoms with Crippen LogP contribution in [0.15, 0.2) is 12.7 Å². The molecule has 0 spiro atoms.